The van der Waals surface area contributed by atoms with E-state index in [1.807, 2.05) is 35.2 Å². The molecule has 5 nitrogen and oxygen atoms in total. The number of benzene rings is 3. The van der Waals surface area contributed by atoms with Crippen LogP contribution in [0.15, 0.2) is 91.0 Å². The Labute approximate surface area is 254 Å². The lowest BCUT2D eigenvalue weighted by Gasteiger charge is -2.25. The summed E-state index contributed by atoms with van der Waals surface area (Å²) in [6.07, 6.45) is 6.80. The Morgan fingerprint density at radius 2 is 1.62 bits per heavy atom. The van der Waals surface area contributed by atoms with Gasteiger partial charge in [-0.3, -0.25) is 9.69 Å². The van der Waals surface area contributed by atoms with Crippen LogP contribution in [0, 0.1) is 0 Å². The van der Waals surface area contributed by atoms with Gasteiger partial charge in [0.25, 0.3) is 0 Å². The number of carboxylic acids is 1. The number of hydrogen-bond donors (Lipinski definition) is 1. The van der Waals surface area contributed by atoms with Crippen LogP contribution in [-0.2, 0) is 17.9 Å². The first kappa shape index (κ1) is 29.9. The number of para-hydroxylation sites is 1. The van der Waals surface area contributed by atoms with Gasteiger partial charge in [-0.2, -0.15) is 0 Å². The van der Waals surface area contributed by atoms with Gasteiger partial charge in [-0.25, -0.2) is 0 Å². The van der Waals surface area contributed by atoms with E-state index < -0.39 is 5.97 Å². The molecule has 1 fully saturated rings. The van der Waals surface area contributed by atoms with Crippen molar-refractivity contribution in [3.05, 3.63) is 107 Å². The van der Waals surface area contributed by atoms with Gasteiger partial charge in [-0.1, -0.05) is 73.9 Å². The average molecular weight is 583 g/mol. The molecule has 4 aromatic rings. The highest BCUT2D eigenvalue weighted by molar-refractivity contribution is 7.15. The molecule has 5 rings (SSSR count). The second kappa shape index (κ2) is 15.0. The summed E-state index contributed by atoms with van der Waals surface area (Å²) in [5.74, 6) is 0.709. The van der Waals surface area contributed by atoms with Crippen LogP contribution in [0.5, 0.6) is 5.75 Å². The second-order valence-corrected chi connectivity index (χ2v) is 12.3. The molecule has 1 saturated carbocycles. The summed E-state index contributed by atoms with van der Waals surface area (Å²) in [5, 5.41) is 9.43. The van der Waals surface area contributed by atoms with E-state index in [9.17, 15) is 9.90 Å². The van der Waals surface area contributed by atoms with Crippen molar-refractivity contribution >= 4 is 23.0 Å². The van der Waals surface area contributed by atoms with Gasteiger partial charge in [0.15, 0.2) is 0 Å². The van der Waals surface area contributed by atoms with Crippen molar-refractivity contribution in [2.45, 2.75) is 58.0 Å². The maximum Gasteiger partial charge on any atom is 0.317 e. The molecule has 0 spiro atoms. The minimum Gasteiger partial charge on any atom is -0.492 e. The fourth-order valence-corrected chi connectivity index (χ4v) is 6.88. The predicted octanol–water partition coefficient (Wildman–Crippen LogP) is 8.45. The Balaban J connectivity index is 1.17. The lowest BCUT2D eigenvalue weighted by molar-refractivity contribution is -0.138. The van der Waals surface area contributed by atoms with E-state index in [-0.39, 0.29) is 6.54 Å². The number of hydrogen-bond acceptors (Lipinski definition) is 5. The Morgan fingerprint density at radius 3 is 2.31 bits per heavy atom. The average Bonchev–Trinajstić information content (AvgIpc) is 3.49. The molecule has 1 heterocycles. The van der Waals surface area contributed by atoms with Crippen LogP contribution in [0.2, 0.25) is 0 Å². The summed E-state index contributed by atoms with van der Waals surface area (Å²) in [7, 11) is 0. The third kappa shape index (κ3) is 8.46. The number of thiophene rings is 1. The first-order chi connectivity index (χ1) is 20.6. The van der Waals surface area contributed by atoms with Crippen LogP contribution in [-0.4, -0.2) is 42.2 Å². The van der Waals surface area contributed by atoms with Gasteiger partial charge in [-0.15, -0.1) is 11.3 Å². The molecule has 0 unspecified atom stereocenters. The highest BCUT2D eigenvalue weighted by atomic mass is 32.1. The van der Waals surface area contributed by atoms with E-state index in [1.165, 1.54) is 59.4 Å². The molecule has 1 aliphatic rings. The van der Waals surface area contributed by atoms with Crippen LogP contribution in [0.25, 0.3) is 10.4 Å². The largest absolute Gasteiger partial charge is 0.492 e. The number of carbonyl (C=O) groups is 1. The van der Waals surface area contributed by atoms with Crippen molar-refractivity contribution in [3.8, 4) is 16.2 Å². The molecule has 1 aromatic heterocycles. The number of aliphatic carboxylic acids is 1. The zero-order chi connectivity index (χ0) is 29.1. The monoisotopic (exact) mass is 582 g/mol. The minimum atomic E-state index is -0.831. The summed E-state index contributed by atoms with van der Waals surface area (Å²) in [4.78, 5) is 18.2. The molecule has 1 N–H and O–H groups in total. The van der Waals surface area contributed by atoms with Crippen LogP contribution in [0.3, 0.4) is 0 Å². The lowest BCUT2D eigenvalue weighted by Crippen LogP contribution is -2.32. The van der Waals surface area contributed by atoms with Crippen LogP contribution in [0.1, 0.15) is 60.9 Å². The highest BCUT2D eigenvalue weighted by Gasteiger charge is 2.16. The Hall–Kier alpha value is -3.61. The summed E-state index contributed by atoms with van der Waals surface area (Å²) in [6, 6.07) is 32.0. The van der Waals surface area contributed by atoms with Crippen LogP contribution >= 0.6 is 11.3 Å². The number of rotatable bonds is 14. The van der Waals surface area contributed by atoms with Crippen molar-refractivity contribution in [2.24, 2.45) is 0 Å². The minimum absolute atomic E-state index is 0.0176. The summed E-state index contributed by atoms with van der Waals surface area (Å²) < 4.78 is 5.80. The van der Waals surface area contributed by atoms with Crippen LogP contribution < -0.4 is 9.64 Å². The number of anilines is 1. The van der Waals surface area contributed by atoms with Crippen molar-refractivity contribution in [2.75, 3.05) is 31.1 Å². The van der Waals surface area contributed by atoms with Gasteiger partial charge >= 0.3 is 5.97 Å². The van der Waals surface area contributed by atoms with Gasteiger partial charge in [0.2, 0.25) is 0 Å². The second-order valence-electron chi connectivity index (χ2n) is 11.2. The Kier molecular flexibility index (Phi) is 10.7. The van der Waals surface area contributed by atoms with Gasteiger partial charge in [0.05, 0.1) is 6.54 Å². The van der Waals surface area contributed by atoms with E-state index in [1.54, 1.807) is 11.3 Å². The normalized spacial score (nSPS) is 13.8. The lowest BCUT2D eigenvalue weighted by atomic mass is 9.84. The maximum absolute atomic E-state index is 11.5. The van der Waals surface area contributed by atoms with Crippen molar-refractivity contribution in [1.82, 2.24) is 4.90 Å². The van der Waals surface area contributed by atoms with Crippen molar-refractivity contribution in [3.63, 3.8) is 0 Å². The maximum atomic E-state index is 11.5. The molecule has 0 saturated heterocycles. The van der Waals surface area contributed by atoms with E-state index in [4.69, 9.17) is 4.74 Å². The zero-order valence-corrected chi connectivity index (χ0v) is 25.4. The first-order valence-electron chi connectivity index (χ1n) is 15.2. The molecule has 0 bridgehead atoms. The van der Waals surface area contributed by atoms with Crippen LogP contribution in [0.4, 0.5) is 5.69 Å². The van der Waals surface area contributed by atoms with E-state index in [0.29, 0.717) is 19.7 Å². The van der Waals surface area contributed by atoms with E-state index in [0.717, 1.165) is 29.6 Å². The summed E-state index contributed by atoms with van der Waals surface area (Å²) in [5.41, 5.74) is 5.26. The molecule has 3 aromatic carbocycles. The Bertz CT molecular complexity index is 1380. The molecular formula is C36H42N2O3S. The fourth-order valence-electron chi connectivity index (χ4n) is 5.83. The summed E-state index contributed by atoms with van der Waals surface area (Å²) >= 11 is 1.72. The molecule has 42 heavy (non-hydrogen) atoms. The molecule has 6 heteroatoms. The quantitative estimate of drug-likeness (QED) is 0.162. The number of ether oxygens (including phenoxy) is 1. The van der Waals surface area contributed by atoms with Crippen molar-refractivity contribution < 1.29 is 14.6 Å². The molecule has 0 amide bonds. The molecule has 0 radical (unpaired) electrons. The molecule has 0 aliphatic heterocycles. The predicted molar refractivity (Wildman–Crippen MR) is 174 cm³/mol. The Morgan fingerprint density at radius 1 is 0.881 bits per heavy atom. The topological polar surface area (TPSA) is 53.0 Å². The molecular weight excluding hydrogens is 540 g/mol. The third-order valence-electron chi connectivity index (χ3n) is 8.15. The molecule has 220 valence electrons. The van der Waals surface area contributed by atoms with E-state index >= 15 is 0 Å². The van der Waals surface area contributed by atoms with Gasteiger partial charge in [0.1, 0.15) is 12.4 Å². The number of carboxylic acid groups (broad SMARTS) is 1. The van der Waals surface area contributed by atoms with Gasteiger partial charge in [-0.05, 0) is 78.8 Å². The molecule has 0 atom stereocenters. The number of nitrogens with zero attached hydrogens (tertiary/aromatic N) is 2. The standard InChI is InChI=1S/C36H42N2O3S/c1-2-38(25-28-13-15-30(16-14-28)29-9-5-3-6-10-29)32-19-17-31(18-20-32)35-22-21-34(42-35)26-37(27-36(39)40)23-24-41-33-11-7-4-8-12-33/h4,7-8,11-22,29H,2-3,5-6,9-10,23-27H2,1H3,(H,39,40). The van der Waals surface area contributed by atoms with Crippen molar-refractivity contribution in [1.29, 1.82) is 0 Å². The first-order valence-corrected chi connectivity index (χ1v) is 16.0. The highest BCUT2D eigenvalue weighted by Crippen LogP contribution is 2.33. The van der Waals surface area contributed by atoms with Gasteiger partial charge in [0, 0.05) is 41.6 Å². The zero-order valence-electron chi connectivity index (χ0n) is 24.6. The van der Waals surface area contributed by atoms with E-state index in [2.05, 4.69) is 72.5 Å². The SMILES string of the molecule is CCN(Cc1ccc(C2CCCCC2)cc1)c1ccc(-c2ccc(CN(CCOc3ccccc3)CC(=O)O)s2)cc1. The smallest absolute Gasteiger partial charge is 0.317 e. The third-order valence-corrected chi connectivity index (χ3v) is 9.27. The fraction of sp³-hybridized carbons (Fsp3) is 0.361. The molecule has 1 aliphatic carbocycles. The summed E-state index contributed by atoms with van der Waals surface area (Å²) in [6.45, 7) is 5.60. The van der Waals surface area contributed by atoms with Gasteiger partial charge < -0.3 is 14.7 Å².